The topological polar surface area (TPSA) is 54.9 Å². The Bertz CT molecular complexity index is 497. The van der Waals surface area contributed by atoms with Crippen LogP contribution < -0.4 is 5.32 Å². The van der Waals surface area contributed by atoms with E-state index >= 15 is 0 Å². The number of carbonyl (C=O) groups is 1. The minimum absolute atomic E-state index is 0.199. The van der Waals surface area contributed by atoms with Crippen LogP contribution in [0, 0.1) is 6.92 Å². The number of carbonyl (C=O) groups excluding carboxylic acids is 1. The molecule has 0 aliphatic heterocycles. The summed E-state index contributed by atoms with van der Waals surface area (Å²) < 4.78 is 0. The van der Waals surface area contributed by atoms with Crippen LogP contribution in [0.4, 0.5) is 5.82 Å². The van der Waals surface area contributed by atoms with Crippen LogP contribution in [0.25, 0.3) is 0 Å². The normalized spacial score (nSPS) is 9.81. The van der Waals surface area contributed by atoms with Crippen LogP contribution >= 0.6 is 0 Å². The highest BCUT2D eigenvalue weighted by atomic mass is 16.1. The zero-order valence-electron chi connectivity index (χ0n) is 8.84. The molecule has 0 saturated heterocycles. The van der Waals surface area contributed by atoms with Crippen molar-refractivity contribution in [3.05, 3.63) is 54.0 Å². The van der Waals surface area contributed by atoms with E-state index in [4.69, 9.17) is 0 Å². The number of rotatable bonds is 2. The molecule has 80 valence electrons. The minimum atomic E-state index is -0.199. The summed E-state index contributed by atoms with van der Waals surface area (Å²) in [6.07, 6.45) is 4.79. The lowest BCUT2D eigenvalue weighted by atomic mass is 10.2. The van der Waals surface area contributed by atoms with E-state index in [-0.39, 0.29) is 5.91 Å². The van der Waals surface area contributed by atoms with E-state index < -0.39 is 0 Å². The fraction of sp³-hybridized carbons (Fsp3) is 0.0833. The molecule has 1 N–H and O–H groups in total. The third-order valence-electron chi connectivity index (χ3n) is 2.17. The molecule has 0 atom stereocenters. The van der Waals surface area contributed by atoms with Crippen LogP contribution in [-0.2, 0) is 0 Å². The molecule has 2 heterocycles. The van der Waals surface area contributed by atoms with Crippen molar-refractivity contribution in [1.82, 2.24) is 9.97 Å². The number of amides is 1. The smallest absolute Gasteiger partial charge is 0.258 e. The Morgan fingerprint density at radius 1 is 1.25 bits per heavy atom. The molecule has 0 radical (unpaired) electrons. The van der Waals surface area contributed by atoms with Crippen LogP contribution in [0.1, 0.15) is 15.9 Å². The van der Waals surface area contributed by atoms with Gasteiger partial charge in [0.25, 0.3) is 5.91 Å². The molecular formula is C12H11N3O. The Balaban J connectivity index is 2.18. The van der Waals surface area contributed by atoms with Crippen LogP contribution in [0.5, 0.6) is 0 Å². The predicted molar refractivity (Wildman–Crippen MR) is 61.2 cm³/mol. The van der Waals surface area contributed by atoms with Gasteiger partial charge in [0.15, 0.2) is 0 Å². The van der Waals surface area contributed by atoms with Gasteiger partial charge in [-0.1, -0.05) is 6.07 Å². The van der Waals surface area contributed by atoms with Crippen LogP contribution in [-0.4, -0.2) is 15.9 Å². The highest BCUT2D eigenvalue weighted by Crippen LogP contribution is 2.10. The molecule has 0 spiro atoms. The fourth-order valence-electron chi connectivity index (χ4n) is 1.29. The zero-order valence-corrected chi connectivity index (χ0v) is 8.84. The lowest BCUT2D eigenvalue weighted by Crippen LogP contribution is -2.13. The number of aryl methyl sites for hydroxylation is 1. The largest absolute Gasteiger partial charge is 0.306 e. The molecule has 4 nitrogen and oxygen atoms in total. The van der Waals surface area contributed by atoms with Gasteiger partial charge in [0.1, 0.15) is 5.82 Å². The summed E-state index contributed by atoms with van der Waals surface area (Å²) in [6.45, 7) is 1.89. The van der Waals surface area contributed by atoms with Crippen LogP contribution in [0.3, 0.4) is 0 Å². The average Bonchev–Trinajstić information content (AvgIpc) is 2.33. The van der Waals surface area contributed by atoms with Crippen molar-refractivity contribution in [1.29, 1.82) is 0 Å². The van der Waals surface area contributed by atoms with E-state index in [1.165, 1.54) is 6.20 Å². The molecule has 0 fully saturated rings. The molecule has 2 aromatic rings. The molecular weight excluding hydrogens is 202 g/mol. The Morgan fingerprint density at radius 2 is 2.06 bits per heavy atom. The second-order valence-electron chi connectivity index (χ2n) is 3.36. The molecule has 16 heavy (non-hydrogen) atoms. The quantitative estimate of drug-likeness (QED) is 0.830. The first kappa shape index (κ1) is 10.3. The molecule has 2 aromatic heterocycles. The number of aromatic nitrogens is 2. The minimum Gasteiger partial charge on any atom is -0.306 e. The van der Waals surface area contributed by atoms with E-state index in [0.717, 1.165) is 5.56 Å². The van der Waals surface area contributed by atoms with Gasteiger partial charge in [-0.15, -0.1) is 0 Å². The summed E-state index contributed by atoms with van der Waals surface area (Å²) in [5, 5.41) is 2.74. The lowest BCUT2D eigenvalue weighted by Gasteiger charge is -2.06. The van der Waals surface area contributed by atoms with Crippen molar-refractivity contribution in [2.75, 3.05) is 5.32 Å². The molecule has 1 amide bonds. The van der Waals surface area contributed by atoms with Gasteiger partial charge in [-0.2, -0.15) is 0 Å². The number of pyridine rings is 2. The van der Waals surface area contributed by atoms with Gasteiger partial charge in [0.05, 0.1) is 5.56 Å². The summed E-state index contributed by atoms with van der Waals surface area (Å²) in [7, 11) is 0. The van der Waals surface area contributed by atoms with Crippen molar-refractivity contribution >= 4 is 11.7 Å². The van der Waals surface area contributed by atoms with E-state index in [0.29, 0.717) is 11.4 Å². The Hall–Kier alpha value is -2.23. The van der Waals surface area contributed by atoms with Crippen molar-refractivity contribution in [3.8, 4) is 0 Å². The van der Waals surface area contributed by atoms with Gasteiger partial charge in [-0.3, -0.25) is 9.78 Å². The first-order valence-electron chi connectivity index (χ1n) is 4.90. The van der Waals surface area contributed by atoms with Crippen molar-refractivity contribution < 1.29 is 4.79 Å². The molecule has 4 heteroatoms. The number of hydrogen-bond donors (Lipinski definition) is 1. The maximum absolute atomic E-state index is 11.8. The third kappa shape index (κ3) is 2.23. The predicted octanol–water partition coefficient (Wildman–Crippen LogP) is 2.04. The maximum atomic E-state index is 11.8. The molecule has 0 unspecified atom stereocenters. The number of nitrogens with zero attached hydrogens (tertiary/aromatic N) is 2. The molecule has 0 aliphatic carbocycles. The molecule has 0 bridgehead atoms. The Kier molecular flexibility index (Phi) is 2.91. The van der Waals surface area contributed by atoms with Crippen LogP contribution in [0.2, 0.25) is 0 Å². The fourth-order valence-corrected chi connectivity index (χ4v) is 1.29. The van der Waals surface area contributed by atoms with Gasteiger partial charge in [-0.25, -0.2) is 4.98 Å². The number of nitrogens with one attached hydrogen (secondary N) is 1. The standard InChI is InChI=1S/C12H11N3O/c1-9-4-2-7-14-11(9)15-12(16)10-5-3-6-13-8-10/h2-8H,1H3,(H,14,15,16). The van der Waals surface area contributed by atoms with Gasteiger partial charge < -0.3 is 5.32 Å². The summed E-state index contributed by atoms with van der Waals surface area (Å²) in [6, 6.07) is 7.15. The van der Waals surface area contributed by atoms with Gasteiger partial charge in [0.2, 0.25) is 0 Å². The lowest BCUT2D eigenvalue weighted by molar-refractivity contribution is 0.102. The van der Waals surface area contributed by atoms with Crippen molar-refractivity contribution in [3.63, 3.8) is 0 Å². The van der Waals surface area contributed by atoms with Gasteiger partial charge in [0, 0.05) is 18.6 Å². The highest BCUT2D eigenvalue weighted by Gasteiger charge is 2.07. The van der Waals surface area contributed by atoms with Crippen molar-refractivity contribution in [2.24, 2.45) is 0 Å². The number of anilines is 1. The van der Waals surface area contributed by atoms with Gasteiger partial charge in [-0.05, 0) is 30.7 Å². The van der Waals surface area contributed by atoms with Crippen LogP contribution in [0.15, 0.2) is 42.9 Å². The van der Waals surface area contributed by atoms with Gasteiger partial charge >= 0.3 is 0 Å². The Morgan fingerprint density at radius 3 is 2.75 bits per heavy atom. The zero-order chi connectivity index (χ0) is 11.4. The average molecular weight is 213 g/mol. The molecule has 0 aromatic carbocycles. The van der Waals surface area contributed by atoms with Crippen molar-refractivity contribution in [2.45, 2.75) is 6.92 Å². The SMILES string of the molecule is Cc1cccnc1NC(=O)c1cccnc1. The van der Waals surface area contributed by atoms with E-state index in [2.05, 4.69) is 15.3 Å². The first-order valence-corrected chi connectivity index (χ1v) is 4.90. The monoisotopic (exact) mass is 213 g/mol. The maximum Gasteiger partial charge on any atom is 0.258 e. The Labute approximate surface area is 93.4 Å². The first-order chi connectivity index (χ1) is 7.77. The summed E-state index contributed by atoms with van der Waals surface area (Å²) in [5.74, 6) is 0.381. The summed E-state index contributed by atoms with van der Waals surface area (Å²) in [5.41, 5.74) is 1.45. The van der Waals surface area contributed by atoms with E-state index in [1.54, 1.807) is 24.5 Å². The van der Waals surface area contributed by atoms with E-state index in [1.807, 2.05) is 19.1 Å². The molecule has 0 saturated carbocycles. The summed E-state index contributed by atoms with van der Waals surface area (Å²) in [4.78, 5) is 19.8. The third-order valence-corrected chi connectivity index (χ3v) is 2.17. The van der Waals surface area contributed by atoms with E-state index in [9.17, 15) is 4.79 Å². The highest BCUT2D eigenvalue weighted by molar-refractivity contribution is 6.03. The summed E-state index contributed by atoms with van der Waals surface area (Å²) >= 11 is 0. The second kappa shape index (κ2) is 4.53. The molecule has 2 rings (SSSR count). The molecule has 0 aliphatic rings. The number of hydrogen-bond acceptors (Lipinski definition) is 3. The second-order valence-corrected chi connectivity index (χ2v) is 3.36.